The van der Waals surface area contributed by atoms with Crippen LogP contribution in [0.5, 0.6) is 0 Å². The molecular weight excluding hydrogens is 312 g/mol. The standard InChI is InChI=1S/C20H22N4O/c1-2-18-8-3-4-11-24(18)20(25)19-10-9-17(14-22-19)23-16-7-5-6-15(12-16)13-21/h5-7,9-10,12,14,18,23H,2-4,8,11H2,1H3. The molecule has 1 N–H and O–H groups in total. The Balaban J connectivity index is 1.71. The molecule has 2 heterocycles. The number of benzene rings is 1. The highest BCUT2D eigenvalue weighted by Crippen LogP contribution is 2.22. The molecule has 5 nitrogen and oxygen atoms in total. The largest absolute Gasteiger partial charge is 0.354 e. The summed E-state index contributed by atoms with van der Waals surface area (Å²) < 4.78 is 0. The van der Waals surface area contributed by atoms with Gasteiger partial charge in [0.1, 0.15) is 5.69 Å². The summed E-state index contributed by atoms with van der Waals surface area (Å²) in [4.78, 5) is 19.0. The van der Waals surface area contributed by atoms with Crippen molar-refractivity contribution >= 4 is 17.3 Å². The molecule has 2 aromatic rings. The molecule has 0 spiro atoms. The van der Waals surface area contributed by atoms with E-state index in [0.717, 1.165) is 37.2 Å². The monoisotopic (exact) mass is 334 g/mol. The van der Waals surface area contributed by atoms with Crippen LogP contribution in [0.1, 0.15) is 48.7 Å². The lowest BCUT2D eigenvalue weighted by atomic mass is 9.99. The summed E-state index contributed by atoms with van der Waals surface area (Å²) in [5.74, 6) is 0.0181. The van der Waals surface area contributed by atoms with Crippen molar-refractivity contribution in [2.75, 3.05) is 11.9 Å². The number of pyridine rings is 1. The van der Waals surface area contributed by atoms with E-state index in [9.17, 15) is 4.79 Å². The third-order valence-electron chi connectivity index (χ3n) is 4.62. The SMILES string of the molecule is CCC1CCCCN1C(=O)c1ccc(Nc2cccc(C#N)c2)cn1. The van der Waals surface area contributed by atoms with Crippen LogP contribution in [0.25, 0.3) is 0 Å². The molecule has 0 radical (unpaired) electrons. The van der Waals surface area contributed by atoms with Gasteiger partial charge in [0.15, 0.2) is 0 Å². The molecule has 0 aliphatic carbocycles. The van der Waals surface area contributed by atoms with E-state index in [4.69, 9.17) is 5.26 Å². The second-order valence-corrected chi connectivity index (χ2v) is 6.31. The Bertz CT molecular complexity index is 779. The normalized spacial score (nSPS) is 17.0. The van der Waals surface area contributed by atoms with Gasteiger partial charge < -0.3 is 10.2 Å². The predicted molar refractivity (Wildman–Crippen MR) is 97.6 cm³/mol. The minimum absolute atomic E-state index is 0.0181. The molecule has 1 atom stereocenters. The fourth-order valence-corrected chi connectivity index (χ4v) is 3.27. The molecular formula is C20H22N4O. The number of rotatable bonds is 4. The van der Waals surface area contributed by atoms with Crippen LogP contribution in [0.3, 0.4) is 0 Å². The molecule has 1 amide bonds. The van der Waals surface area contributed by atoms with E-state index in [0.29, 0.717) is 17.3 Å². The van der Waals surface area contributed by atoms with Gasteiger partial charge in [-0.1, -0.05) is 13.0 Å². The van der Waals surface area contributed by atoms with E-state index in [1.807, 2.05) is 23.1 Å². The number of carbonyl (C=O) groups is 1. The van der Waals surface area contributed by atoms with Gasteiger partial charge in [0.25, 0.3) is 5.91 Å². The molecule has 1 unspecified atom stereocenters. The lowest BCUT2D eigenvalue weighted by Crippen LogP contribution is -2.43. The van der Waals surface area contributed by atoms with Gasteiger partial charge in [0, 0.05) is 18.3 Å². The topological polar surface area (TPSA) is 69.0 Å². The fraction of sp³-hybridized carbons (Fsp3) is 0.350. The Kier molecular flexibility index (Phi) is 5.30. The first kappa shape index (κ1) is 17.0. The molecule has 1 saturated heterocycles. The Labute approximate surface area is 148 Å². The summed E-state index contributed by atoms with van der Waals surface area (Å²) in [6, 6.07) is 13.3. The highest BCUT2D eigenvalue weighted by atomic mass is 16.2. The molecule has 25 heavy (non-hydrogen) atoms. The maximum absolute atomic E-state index is 12.7. The number of likely N-dealkylation sites (tertiary alicyclic amines) is 1. The lowest BCUT2D eigenvalue weighted by molar-refractivity contribution is 0.0602. The van der Waals surface area contributed by atoms with Gasteiger partial charge in [-0.05, 0) is 56.0 Å². The highest BCUT2D eigenvalue weighted by Gasteiger charge is 2.26. The molecule has 128 valence electrons. The average Bonchev–Trinajstić information content (AvgIpc) is 2.68. The first-order valence-corrected chi connectivity index (χ1v) is 8.75. The smallest absolute Gasteiger partial charge is 0.272 e. The predicted octanol–water partition coefficient (Wildman–Crippen LogP) is 4.10. The number of anilines is 2. The van der Waals surface area contributed by atoms with Crippen LogP contribution in [-0.2, 0) is 0 Å². The average molecular weight is 334 g/mol. The van der Waals surface area contributed by atoms with E-state index in [2.05, 4.69) is 23.3 Å². The second kappa shape index (κ2) is 7.80. The van der Waals surface area contributed by atoms with E-state index in [1.165, 1.54) is 6.42 Å². The Hall–Kier alpha value is -2.87. The van der Waals surface area contributed by atoms with Crippen molar-refractivity contribution in [1.82, 2.24) is 9.88 Å². The number of nitrogens with zero attached hydrogens (tertiary/aromatic N) is 3. The first-order chi connectivity index (χ1) is 12.2. The van der Waals surface area contributed by atoms with Crippen molar-refractivity contribution < 1.29 is 4.79 Å². The zero-order valence-corrected chi connectivity index (χ0v) is 14.4. The zero-order valence-electron chi connectivity index (χ0n) is 14.4. The minimum Gasteiger partial charge on any atom is -0.354 e. The number of nitriles is 1. The third kappa shape index (κ3) is 3.97. The third-order valence-corrected chi connectivity index (χ3v) is 4.62. The molecule has 1 aliphatic heterocycles. The van der Waals surface area contributed by atoms with E-state index >= 15 is 0 Å². The van der Waals surface area contributed by atoms with Crippen LogP contribution in [0, 0.1) is 11.3 Å². The quantitative estimate of drug-likeness (QED) is 0.914. The number of nitrogens with one attached hydrogen (secondary N) is 1. The number of carbonyl (C=O) groups excluding carboxylic acids is 1. The summed E-state index contributed by atoms with van der Waals surface area (Å²) in [5, 5.41) is 12.2. The van der Waals surface area contributed by atoms with Crippen molar-refractivity contribution in [3.05, 3.63) is 53.9 Å². The van der Waals surface area contributed by atoms with Crippen molar-refractivity contribution in [3.8, 4) is 6.07 Å². The summed E-state index contributed by atoms with van der Waals surface area (Å²) >= 11 is 0. The number of aromatic nitrogens is 1. The van der Waals surface area contributed by atoms with Gasteiger partial charge in [0.2, 0.25) is 0 Å². The highest BCUT2D eigenvalue weighted by molar-refractivity contribution is 5.92. The van der Waals surface area contributed by atoms with Crippen LogP contribution in [-0.4, -0.2) is 28.4 Å². The Morgan fingerprint density at radius 2 is 2.20 bits per heavy atom. The first-order valence-electron chi connectivity index (χ1n) is 8.75. The van der Waals surface area contributed by atoms with Gasteiger partial charge in [-0.2, -0.15) is 5.26 Å². The maximum Gasteiger partial charge on any atom is 0.272 e. The van der Waals surface area contributed by atoms with Gasteiger partial charge in [-0.3, -0.25) is 4.79 Å². The summed E-state index contributed by atoms with van der Waals surface area (Å²) in [5.41, 5.74) is 2.69. The molecule has 3 rings (SSSR count). The van der Waals surface area contributed by atoms with Crippen molar-refractivity contribution in [2.24, 2.45) is 0 Å². The number of hydrogen-bond donors (Lipinski definition) is 1. The van der Waals surface area contributed by atoms with E-state index < -0.39 is 0 Å². The zero-order chi connectivity index (χ0) is 17.6. The number of hydrogen-bond acceptors (Lipinski definition) is 4. The molecule has 1 aromatic carbocycles. The Morgan fingerprint density at radius 1 is 1.32 bits per heavy atom. The van der Waals surface area contributed by atoms with Crippen LogP contribution in [0.15, 0.2) is 42.6 Å². The number of amides is 1. The maximum atomic E-state index is 12.7. The second-order valence-electron chi connectivity index (χ2n) is 6.31. The summed E-state index contributed by atoms with van der Waals surface area (Å²) in [6.07, 6.45) is 5.99. The van der Waals surface area contributed by atoms with Crippen molar-refractivity contribution in [3.63, 3.8) is 0 Å². The van der Waals surface area contributed by atoms with Crippen molar-refractivity contribution in [1.29, 1.82) is 5.26 Å². The van der Waals surface area contributed by atoms with Crippen molar-refractivity contribution in [2.45, 2.75) is 38.6 Å². The van der Waals surface area contributed by atoms with E-state index in [1.54, 1.807) is 24.4 Å². The molecule has 0 bridgehead atoms. The minimum atomic E-state index is 0.0181. The molecule has 5 heteroatoms. The van der Waals surface area contributed by atoms with Crippen LogP contribution in [0.2, 0.25) is 0 Å². The van der Waals surface area contributed by atoms with Gasteiger partial charge in [0.05, 0.1) is 23.5 Å². The summed E-state index contributed by atoms with van der Waals surface area (Å²) in [7, 11) is 0. The van der Waals surface area contributed by atoms with Gasteiger partial charge in [-0.25, -0.2) is 4.98 Å². The molecule has 1 aromatic heterocycles. The van der Waals surface area contributed by atoms with E-state index in [-0.39, 0.29) is 5.91 Å². The fourth-order valence-electron chi connectivity index (χ4n) is 3.27. The lowest BCUT2D eigenvalue weighted by Gasteiger charge is -2.35. The molecule has 1 fully saturated rings. The van der Waals surface area contributed by atoms with Gasteiger partial charge in [-0.15, -0.1) is 0 Å². The number of piperidine rings is 1. The van der Waals surface area contributed by atoms with Gasteiger partial charge >= 0.3 is 0 Å². The molecule has 0 saturated carbocycles. The van der Waals surface area contributed by atoms with Crippen LogP contribution in [0.4, 0.5) is 11.4 Å². The Morgan fingerprint density at radius 3 is 2.92 bits per heavy atom. The summed E-state index contributed by atoms with van der Waals surface area (Å²) in [6.45, 7) is 2.95. The van der Waals surface area contributed by atoms with Crippen LogP contribution < -0.4 is 5.32 Å². The molecule has 1 aliphatic rings. The van der Waals surface area contributed by atoms with Crippen LogP contribution >= 0.6 is 0 Å².